The van der Waals surface area contributed by atoms with Crippen LogP contribution < -0.4 is 10.6 Å². The van der Waals surface area contributed by atoms with Gasteiger partial charge in [-0.25, -0.2) is 0 Å². The first-order chi connectivity index (χ1) is 7.59. The van der Waals surface area contributed by atoms with Crippen molar-refractivity contribution in [1.82, 2.24) is 0 Å². The van der Waals surface area contributed by atoms with Crippen LogP contribution in [-0.4, -0.2) is 12.6 Å². The lowest BCUT2D eigenvalue weighted by Crippen LogP contribution is -2.33. The van der Waals surface area contributed by atoms with Gasteiger partial charge >= 0.3 is 0 Å². The third kappa shape index (κ3) is 2.01. The van der Waals surface area contributed by atoms with E-state index in [4.69, 9.17) is 5.73 Å². The van der Waals surface area contributed by atoms with E-state index in [1.54, 1.807) is 0 Å². The molecule has 2 heteroatoms. The Hall–Kier alpha value is -1.18. The Morgan fingerprint density at radius 3 is 2.81 bits per heavy atom. The second-order valence-corrected chi connectivity index (χ2v) is 5.19. The Morgan fingerprint density at radius 1 is 1.38 bits per heavy atom. The van der Waals surface area contributed by atoms with E-state index in [0.717, 1.165) is 5.69 Å². The molecule has 88 valence electrons. The van der Waals surface area contributed by atoms with Crippen molar-refractivity contribution in [3.8, 4) is 0 Å². The van der Waals surface area contributed by atoms with Gasteiger partial charge in [-0.15, -0.1) is 0 Å². The fourth-order valence-corrected chi connectivity index (χ4v) is 2.72. The third-order valence-corrected chi connectivity index (χ3v) is 3.61. The molecular weight excluding hydrogens is 196 g/mol. The molecule has 1 aromatic rings. The molecule has 1 unspecified atom stereocenters. The van der Waals surface area contributed by atoms with Crippen molar-refractivity contribution in [1.29, 1.82) is 0 Å². The standard InChI is InChI=1S/C14H22N2/c1-10(2)13-5-4-8-16(13)14-9-12(15)7-6-11(14)3/h6-7,9-10,13H,4-5,8,15H2,1-3H3. The molecule has 2 rings (SSSR count). The molecule has 0 aliphatic carbocycles. The van der Waals surface area contributed by atoms with Crippen LogP contribution in [0.2, 0.25) is 0 Å². The van der Waals surface area contributed by atoms with Crippen LogP contribution in [-0.2, 0) is 0 Å². The highest BCUT2D eigenvalue weighted by Gasteiger charge is 2.27. The summed E-state index contributed by atoms with van der Waals surface area (Å²) in [5, 5.41) is 0. The van der Waals surface area contributed by atoms with Gasteiger partial charge in [0, 0.05) is 24.0 Å². The maximum atomic E-state index is 5.89. The lowest BCUT2D eigenvalue weighted by Gasteiger charge is -2.31. The smallest absolute Gasteiger partial charge is 0.0419 e. The van der Waals surface area contributed by atoms with E-state index in [9.17, 15) is 0 Å². The maximum absolute atomic E-state index is 5.89. The van der Waals surface area contributed by atoms with Crippen LogP contribution >= 0.6 is 0 Å². The van der Waals surface area contributed by atoms with E-state index in [1.165, 1.54) is 30.6 Å². The number of aryl methyl sites for hydroxylation is 1. The molecule has 1 aromatic carbocycles. The fourth-order valence-electron chi connectivity index (χ4n) is 2.72. The average Bonchev–Trinajstić information content (AvgIpc) is 2.70. The first-order valence-corrected chi connectivity index (χ1v) is 6.22. The topological polar surface area (TPSA) is 29.3 Å². The van der Waals surface area contributed by atoms with Gasteiger partial charge in [0.25, 0.3) is 0 Å². The summed E-state index contributed by atoms with van der Waals surface area (Å²) in [4.78, 5) is 2.54. The SMILES string of the molecule is Cc1ccc(N)cc1N1CCCC1C(C)C. The lowest BCUT2D eigenvalue weighted by molar-refractivity contribution is 0.491. The van der Waals surface area contributed by atoms with Crippen LogP contribution in [0.3, 0.4) is 0 Å². The van der Waals surface area contributed by atoms with Crippen LogP contribution in [0, 0.1) is 12.8 Å². The van der Waals surface area contributed by atoms with E-state index in [0.29, 0.717) is 12.0 Å². The summed E-state index contributed by atoms with van der Waals surface area (Å²) in [6, 6.07) is 6.91. The van der Waals surface area contributed by atoms with Crippen molar-refractivity contribution in [3.05, 3.63) is 23.8 Å². The second-order valence-electron chi connectivity index (χ2n) is 5.19. The third-order valence-electron chi connectivity index (χ3n) is 3.61. The van der Waals surface area contributed by atoms with Gasteiger partial charge < -0.3 is 10.6 Å². The van der Waals surface area contributed by atoms with E-state index in [1.807, 2.05) is 6.07 Å². The maximum Gasteiger partial charge on any atom is 0.0419 e. The summed E-state index contributed by atoms with van der Waals surface area (Å²) < 4.78 is 0. The Balaban J connectivity index is 2.32. The van der Waals surface area contributed by atoms with Gasteiger partial charge in [-0.2, -0.15) is 0 Å². The van der Waals surface area contributed by atoms with E-state index >= 15 is 0 Å². The Morgan fingerprint density at radius 2 is 2.12 bits per heavy atom. The molecule has 0 bridgehead atoms. The van der Waals surface area contributed by atoms with Crippen LogP contribution in [0.5, 0.6) is 0 Å². The molecule has 0 saturated carbocycles. The molecule has 1 saturated heterocycles. The molecule has 1 fully saturated rings. The monoisotopic (exact) mass is 218 g/mol. The van der Waals surface area contributed by atoms with Crippen LogP contribution in [0.15, 0.2) is 18.2 Å². The molecule has 1 heterocycles. The zero-order valence-electron chi connectivity index (χ0n) is 10.5. The average molecular weight is 218 g/mol. The zero-order chi connectivity index (χ0) is 11.7. The predicted molar refractivity (Wildman–Crippen MR) is 70.8 cm³/mol. The summed E-state index contributed by atoms with van der Waals surface area (Å²) in [5.41, 5.74) is 9.43. The van der Waals surface area contributed by atoms with E-state index in [-0.39, 0.29) is 0 Å². The molecule has 1 aliphatic heterocycles. The number of hydrogen-bond acceptors (Lipinski definition) is 2. The fraction of sp³-hybridized carbons (Fsp3) is 0.571. The Labute approximate surface area is 98.4 Å². The molecule has 0 aromatic heterocycles. The summed E-state index contributed by atoms with van der Waals surface area (Å²) >= 11 is 0. The minimum absolute atomic E-state index is 0.681. The van der Waals surface area contributed by atoms with E-state index < -0.39 is 0 Å². The molecule has 1 atom stereocenters. The number of hydrogen-bond donors (Lipinski definition) is 1. The quantitative estimate of drug-likeness (QED) is 0.772. The van der Waals surface area contributed by atoms with Gasteiger partial charge in [-0.3, -0.25) is 0 Å². The van der Waals surface area contributed by atoms with Gasteiger partial charge in [0.15, 0.2) is 0 Å². The van der Waals surface area contributed by atoms with Crippen LogP contribution in [0.1, 0.15) is 32.3 Å². The molecule has 0 spiro atoms. The van der Waals surface area contributed by atoms with Crippen molar-refractivity contribution in [3.63, 3.8) is 0 Å². The van der Waals surface area contributed by atoms with Crippen LogP contribution in [0.25, 0.3) is 0 Å². The largest absolute Gasteiger partial charge is 0.399 e. The summed E-state index contributed by atoms with van der Waals surface area (Å²) in [6.45, 7) is 7.97. The first kappa shape index (κ1) is 11.3. The molecule has 0 amide bonds. The number of anilines is 2. The van der Waals surface area contributed by atoms with Crippen LogP contribution in [0.4, 0.5) is 11.4 Å². The Bertz CT molecular complexity index is 371. The number of benzene rings is 1. The zero-order valence-corrected chi connectivity index (χ0v) is 10.5. The summed E-state index contributed by atoms with van der Waals surface area (Å²) in [7, 11) is 0. The second kappa shape index (κ2) is 4.36. The van der Waals surface area contributed by atoms with Gasteiger partial charge in [-0.05, 0) is 43.4 Å². The molecule has 2 nitrogen and oxygen atoms in total. The molecule has 1 aliphatic rings. The van der Waals surface area contributed by atoms with Crippen molar-refractivity contribution in [2.24, 2.45) is 5.92 Å². The summed E-state index contributed by atoms with van der Waals surface area (Å²) in [5.74, 6) is 0.711. The van der Waals surface area contributed by atoms with Gasteiger partial charge in [0.1, 0.15) is 0 Å². The van der Waals surface area contributed by atoms with Gasteiger partial charge in [0.2, 0.25) is 0 Å². The molecule has 16 heavy (non-hydrogen) atoms. The van der Waals surface area contributed by atoms with E-state index in [2.05, 4.69) is 37.8 Å². The van der Waals surface area contributed by atoms with Crippen molar-refractivity contribution in [2.75, 3.05) is 17.2 Å². The van der Waals surface area contributed by atoms with Gasteiger partial charge in [0.05, 0.1) is 0 Å². The molecule has 0 radical (unpaired) electrons. The minimum atomic E-state index is 0.681. The molecule has 2 N–H and O–H groups in total. The predicted octanol–water partition coefficient (Wildman–Crippen LogP) is 3.20. The van der Waals surface area contributed by atoms with Gasteiger partial charge in [-0.1, -0.05) is 19.9 Å². The first-order valence-electron chi connectivity index (χ1n) is 6.22. The normalized spacial score (nSPS) is 20.8. The number of nitrogens with two attached hydrogens (primary N) is 1. The highest BCUT2D eigenvalue weighted by Crippen LogP contribution is 2.32. The van der Waals surface area contributed by atoms with Crippen molar-refractivity contribution in [2.45, 2.75) is 39.7 Å². The Kier molecular flexibility index (Phi) is 3.08. The number of rotatable bonds is 2. The highest BCUT2D eigenvalue weighted by atomic mass is 15.2. The summed E-state index contributed by atoms with van der Waals surface area (Å²) in [6.07, 6.45) is 2.61. The number of nitrogens with zero attached hydrogens (tertiary/aromatic N) is 1. The molecular formula is C14H22N2. The number of nitrogen functional groups attached to an aromatic ring is 1. The van der Waals surface area contributed by atoms with Crippen molar-refractivity contribution < 1.29 is 0 Å². The highest BCUT2D eigenvalue weighted by molar-refractivity contribution is 5.61. The minimum Gasteiger partial charge on any atom is -0.399 e. The van der Waals surface area contributed by atoms with Crippen molar-refractivity contribution >= 4 is 11.4 Å². The lowest BCUT2D eigenvalue weighted by atomic mass is 10.0.